The average Bonchev–Trinajstić information content (AvgIpc) is 2.67. The lowest BCUT2D eigenvalue weighted by atomic mass is 9.96. The Morgan fingerprint density at radius 3 is 2.08 bits per heavy atom. The van der Waals surface area contributed by atoms with Crippen molar-refractivity contribution in [3.8, 4) is 39.8 Å². The maximum absolute atomic E-state index is 14.6. The van der Waals surface area contributed by atoms with Gasteiger partial charge in [-0.25, -0.2) is 0 Å². The Kier molecular flexibility index (Phi) is 22.2. The number of phenolic OH excluding ortho intramolecular Hbond substituents is 1. The highest BCUT2D eigenvalue weighted by molar-refractivity contribution is 7.81. The normalized spacial score (nSPS) is 25.8. The van der Waals surface area contributed by atoms with Crippen LogP contribution in [0.25, 0.3) is 22.6 Å². The van der Waals surface area contributed by atoms with Gasteiger partial charge in [0.2, 0.25) is 41.4 Å². The number of fused-ring (bicyclic) bond motifs is 2. The van der Waals surface area contributed by atoms with Crippen LogP contribution in [-0.4, -0.2) is 220 Å². The van der Waals surface area contributed by atoms with E-state index in [0.29, 0.717) is 56.9 Å². The summed E-state index contributed by atoms with van der Waals surface area (Å²) in [6, 6.07) is 3.56. The first-order valence-electron chi connectivity index (χ1n) is 27.7. The first-order chi connectivity index (χ1) is 41.5. The highest BCUT2D eigenvalue weighted by Crippen LogP contribution is 2.33. The molecule has 0 saturated carbocycles. The van der Waals surface area contributed by atoms with Gasteiger partial charge in [-0.1, -0.05) is 43.1 Å². The molecule has 0 unspecified atom stereocenters. The smallest absolute Gasteiger partial charge is 0.446 e. The number of benzene rings is 3. The number of unbranched alkanes of at least 4 members (excludes halogenated alkanes) is 2. The Bertz CT molecular complexity index is 3300. The van der Waals surface area contributed by atoms with Gasteiger partial charge in [0, 0.05) is 48.7 Å². The molecule has 8 amide bonds. The molecule has 17 N–H and O–H groups in total. The van der Waals surface area contributed by atoms with Gasteiger partial charge in [-0.2, -0.15) is 8.42 Å². The van der Waals surface area contributed by atoms with E-state index >= 15 is 0 Å². The van der Waals surface area contributed by atoms with Crippen LogP contribution in [-0.2, 0) is 44.0 Å². The van der Waals surface area contributed by atoms with Crippen LogP contribution in [0, 0.1) is 0 Å². The predicted octanol–water partition coefficient (Wildman–Crippen LogP) is -4.15. The largest absolute Gasteiger partial charge is 0.504 e. The second kappa shape index (κ2) is 29.1. The molecule has 3 saturated heterocycles. The zero-order valence-electron chi connectivity index (χ0n) is 47.2. The van der Waals surface area contributed by atoms with E-state index in [1.165, 1.54) is 24.3 Å². The van der Waals surface area contributed by atoms with Gasteiger partial charge in [0.05, 0.1) is 37.4 Å². The number of nitrogens with zero attached hydrogens (tertiary/aromatic N) is 3. The van der Waals surface area contributed by atoms with Crippen LogP contribution < -0.4 is 41.2 Å². The average molecular weight is 1260 g/mol. The lowest BCUT2D eigenvalue weighted by molar-refractivity contribution is -0.149. The lowest BCUT2D eigenvalue weighted by Crippen LogP contribution is -2.64. The molecule has 33 heteroatoms. The number of nitrogens with two attached hydrogens (primary N) is 1. The molecule has 4 heterocycles. The van der Waals surface area contributed by atoms with E-state index < -0.39 is 199 Å². The molecule has 0 spiro atoms. The van der Waals surface area contributed by atoms with Gasteiger partial charge in [-0.05, 0) is 73.9 Å². The van der Waals surface area contributed by atoms with Gasteiger partial charge in [0.1, 0.15) is 66.0 Å². The molecule has 3 aliphatic heterocycles. The molecule has 14 atom stereocenters. The van der Waals surface area contributed by atoms with E-state index in [9.17, 15) is 97.3 Å². The van der Waals surface area contributed by atoms with Crippen molar-refractivity contribution in [1.29, 1.82) is 0 Å². The molecular weight excluding hydrogens is 1190 g/mol. The van der Waals surface area contributed by atoms with Crippen molar-refractivity contribution in [1.82, 2.24) is 41.5 Å². The summed E-state index contributed by atoms with van der Waals surface area (Å²) < 4.78 is 48.0. The molecule has 3 fully saturated rings. The van der Waals surface area contributed by atoms with E-state index in [0.717, 1.165) is 32.3 Å². The van der Waals surface area contributed by atoms with E-state index in [1.807, 2.05) is 10.6 Å². The van der Waals surface area contributed by atoms with E-state index in [-0.39, 0.29) is 5.56 Å². The Hall–Kier alpha value is -8.38. The number of hydrogen-bond acceptors (Lipinski definition) is 23. The Labute approximate surface area is 501 Å². The summed E-state index contributed by atoms with van der Waals surface area (Å²) in [5, 5.41) is 116. The minimum Gasteiger partial charge on any atom is -0.504 e. The number of aliphatic hydroxyl groups is 8. The summed E-state index contributed by atoms with van der Waals surface area (Å²) in [6.45, 7) is 2.40. The summed E-state index contributed by atoms with van der Waals surface area (Å²) in [7, 11) is -5.35. The standard InChI is InChI=1S/C55H69N9O23S/c1-3-4-5-18-85-31-13-10-27(11-14-31)39-22-32(62-86-39)26-6-8-28(9-7-26)48(74)57-33-21-38(70)51(77)61-53(79)45-36(68)16-17-63(45)55(81)43(37(69)23-41(56)71)59-52(78)44(47(73)46(72)29-12-15-35(67)40(19-29)87-88(82,83)84)60-50(76)34-20-30(66)24-64(34)54(80)42(25(2)65)58-49(33)75/h6-15,19,22,25,30,33-34,36-38,42-47,51,65-70,72-73,77H,3-5,16-18,20-21,23-24H2,1-2H3,(H2,56,71)(H,57,74)(H,58,75)(H,59,78)(H,60,76)(H,61,79)(H,82,83,84)/t25-,30-,33+,34+,36+,37-,38-,42+,43+,44+,45+,46+,47+,51-/m1/s1. The van der Waals surface area contributed by atoms with Crippen LogP contribution in [0.1, 0.15) is 80.8 Å². The van der Waals surface area contributed by atoms with E-state index in [2.05, 4.69) is 32.2 Å². The SMILES string of the molecule is CCCCCOc1ccc(-c2cc(-c3ccc(C(=O)N[C@H]4C[C@@H](O)[C@@H](O)NC(=O)[C@@H]5[C@@H](O)CCN5C(=O)[C@H]([C@H](O)CC(N)=O)NC(=O)[C@H]([C@H](O)[C@@H](O)c5ccc(O)c(OS(=O)(=O)O)c5)NC(=O)[C@@H]5C[C@@H](O)CN5C(=O)[C@H]([C@@H](C)O)NC4=O)cc3)no2)cc1. The van der Waals surface area contributed by atoms with Crippen LogP contribution in [0.4, 0.5) is 0 Å². The second-order valence-electron chi connectivity index (χ2n) is 21.4. The number of aromatic hydroxyl groups is 1. The predicted molar refractivity (Wildman–Crippen MR) is 299 cm³/mol. The molecule has 3 aromatic carbocycles. The number of hydrogen-bond donors (Lipinski definition) is 16. The molecule has 32 nitrogen and oxygen atoms in total. The number of carbonyl (C=O) groups is 8. The number of phenols is 1. The molecular formula is C55H69N9O23S. The summed E-state index contributed by atoms with van der Waals surface area (Å²) in [4.78, 5) is 114. The third kappa shape index (κ3) is 16.6. The maximum atomic E-state index is 14.6. The number of primary amides is 1. The topological polar surface area (TPSA) is 510 Å². The van der Waals surface area contributed by atoms with Crippen molar-refractivity contribution in [2.75, 3.05) is 19.7 Å². The molecule has 4 aromatic rings. The number of carbonyl (C=O) groups excluding carboxylic acids is 8. The Morgan fingerprint density at radius 1 is 0.784 bits per heavy atom. The lowest BCUT2D eigenvalue weighted by Gasteiger charge is -2.34. The molecule has 0 radical (unpaired) electrons. The van der Waals surface area contributed by atoms with E-state index in [1.54, 1.807) is 30.3 Å². The molecule has 0 bridgehead atoms. The van der Waals surface area contributed by atoms with Crippen molar-refractivity contribution in [3.05, 3.63) is 83.9 Å². The number of amides is 8. The summed E-state index contributed by atoms with van der Waals surface area (Å²) >= 11 is 0. The third-order valence-corrected chi connectivity index (χ3v) is 15.2. The first-order valence-corrected chi connectivity index (χ1v) is 29.1. The second-order valence-corrected chi connectivity index (χ2v) is 22.4. The quantitative estimate of drug-likeness (QED) is 0.0332. The number of nitrogens with one attached hydrogen (secondary N) is 5. The van der Waals surface area contributed by atoms with Gasteiger partial charge in [0.15, 0.2) is 23.5 Å². The molecule has 1 aromatic heterocycles. The maximum Gasteiger partial charge on any atom is 0.446 e. The first kappa shape index (κ1) is 67.1. The van der Waals surface area contributed by atoms with Crippen molar-refractivity contribution in [3.63, 3.8) is 0 Å². The summed E-state index contributed by atoms with van der Waals surface area (Å²) in [6.07, 6.45) is -17.6. The van der Waals surface area contributed by atoms with Gasteiger partial charge >= 0.3 is 10.4 Å². The monoisotopic (exact) mass is 1260 g/mol. The van der Waals surface area contributed by atoms with Crippen molar-refractivity contribution < 1.29 is 111 Å². The highest BCUT2D eigenvalue weighted by atomic mass is 32.3. The van der Waals surface area contributed by atoms with Crippen molar-refractivity contribution in [2.45, 2.75) is 144 Å². The highest BCUT2D eigenvalue weighted by Gasteiger charge is 2.49. The molecule has 0 aliphatic carbocycles. The number of ether oxygens (including phenoxy) is 1. The van der Waals surface area contributed by atoms with Crippen LogP contribution in [0.2, 0.25) is 0 Å². The molecule has 3 aliphatic rings. The minimum absolute atomic E-state index is 0.106. The van der Waals surface area contributed by atoms with Crippen LogP contribution in [0.15, 0.2) is 77.3 Å². The molecule has 88 heavy (non-hydrogen) atoms. The Morgan fingerprint density at radius 2 is 1.43 bits per heavy atom. The minimum atomic E-state index is -5.35. The number of aromatic nitrogens is 1. The van der Waals surface area contributed by atoms with Crippen LogP contribution in [0.3, 0.4) is 0 Å². The number of aliphatic hydroxyl groups excluding tert-OH is 8. The molecule has 7 rings (SSSR count). The third-order valence-electron chi connectivity index (χ3n) is 14.8. The molecule has 478 valence electrons. The summed E-state index contributed by atoms with van der Waals surface area (Å²) in [5.74, 6) is -11.8. The number of rotatable bonds is 18. The van der Waals surface area contributed by atoms with E-state index in [4.69, 9.17) is 15.0 Å². The Balaban J connectivity index is 1.21. The fourth-order valence-electron chi connectivity index (χ4n) is 10.1. The van der Waals surface area contributed by atoms with Gasteiger partial charge in [-0.15, -0.1) is 0 Å². The zero-order chi connectivity index (χ0) is 64.5. The fourth-order valence-corrected chi connectivity index (χ4v) is 10.5. The van der Waals surface area contributed by atoms with Crippen molar-refractivity contribution in [2.24, 2.45) is 5.73 Å². The van der Waals surface area contributed by atoms with Gasteiger partial charge in [-0.3, -0.25) is 42.9 Å². The van der Waals surface area contributed by atoms with Gasteiger partial charge < -0.3 is 102 Å². The van der Waals surface area contributed by atoms with Crippen LogP contribution in [0.5, 0.6) is 17.2 Å². The van der Waals surface area contributed by atoms with Crippen LogP contribution >= 0.6 is 0 Å². The summed E-state index contributed by atoms with van der Waals surface area (Å²) in [5.41, 5.74) is 6.15. The fraction of sp³-hybridized carbons (Fsp3) is 0.473. The zero-order valence-corrected chi connectivity index (χ0v) is 48.0. The van der Waals surface area contributed by atoms with Crippen molar-refractivity contribution >= 4 is 57.7 Å². The van der Waals surface area contributed by atoms with Gasteiger partial charge in [0.25, 0.3) is 5.91 Å².